The number of hydrogen-bond acceptors (Lipinski definition) is 3. The SMILES string of the molecule is O=S(=O)(NC1CCC(C(F)(F)F)C1)c1cccs1. The number of hydrogen-bond donors (Lipinski definition) is 1. The average molecular weight is 299 g/mol. The zero-order chi connectivity index (χ0) is 13.4. The van der Waals surface area contributed by atoms with Crippen molar-refractivity contribution in [3.8, 4) is 0 Å². The second-order valence-electron chi connectivity index (χ2n) is 4.30. The molecule has 1 N–H and O–H groups in total. The van der Waals surface area contributed by atoms with E-state index in [0.717, 1.165) is 11.3 Å². The molecule has 2 unspecified atom stereocenters. The second kappa shape index (κ2) is 4.82. The molecule has 1 aliphatic carbocycles. The monoisotopic (exact) mass is 299 g/mol. The average Bonchev–Trinajstić information content (AvgIpc) is 2.83. The summed E-state index contributed by atoms with van der Waals surface area (Å²) < 4.78 is 63.5. The van der Waals surface area contributed by atoms with Crippen LogP contribution in [-0.4, -0.2) is 20.6 Å². The first kappa shape index (κ1) is 13.8. The summed E-state index contributed by atoms with van der Waals surface area (Å²) in [5.74, 6) is -1.39. The lowest BCUT2D eigenvalue weighted by molar-refractivity contribution is -0.172. The van der Waals surface area contributed by atoms with Crippen LogP contribution in [0.3, 0.4) is 0 Å². The molecule has 0 amide bonds. The summed E-state index contributed by atoms with van der Waals surface area (Å²) in [6, 6.07) is 2.40. The molecule has 0 saturated heterocycles. The number of rotatable bonds is 3. The molecular formula is C10H12F3NO2S2. The van der Waals surface area contributed by atoms with Gasteiger partial charge in [-0.1, -0.05) is 6.07 Å². The molecule has 8 heteroatoms. The lowest BCUT2D eigenvalue weighted by Gasteiger charge is -2.15. The Balaban J connectivity index is 2.01. The Bertz CT molecular complexity index is 496. The van der Waals surface area contributed by atoms with Crippen LogP contribution >= 0.6 is 11.3 Å². The van der Waals surface area contributed by atoms with Gasteiger partial charge >= 0.3 is 6.18 Å². The minimum Gasteiger partial charge on any atom is -0.207 e. The fraction of sp³-hybridized carbons (Fsp3) is 0.600. The van der Waals surface area contributed by atoms with Crippen LogP contribution in [-0.2, 0) is 10.0 Å². The zero-order valence-corrected chi connectivity index (χ0v) is 10.9. The van der Waals surface area contributed by atoms with Gasteiger partial charge in [-0.2, -0.15) is 13.2 Å². The molecule has 1 fully saturated rings. The lowest BCUT2D eigenvalue weighted by atomic mass is 10.1. The Morgan fingerprint density at radius 2 is 2.06 bits per heavy atom. The van der Waals surface area contributed by atoms with E-state index in [-0.39, 0.29) is 23.5 Å². The maximum atomic E-state index is 12.5. The van der Waals surface area contributed by atoms with Gasteiger partial charge in [0.15, 0.2) is 0 Å². The Hall–Kier alpha value is -0.600. The molecule has 0 spiro atoms. The summed E-state index contributed by atoms with van der Waals surface area (Å²) in [7, 11) is -3.67. The van der Waals surface area contributed by atoms with Gasteiger partial charge in [0.25, 0.3) is 0 Å². The van der Waals surface area contributed by atoms with E-state index >= 15 is 0 Å². The highest BCUT2D eigenvalue weighted by Crippen LogP contribution is 2.39. The van der Waals surface area contributed by atoms with Gasteiger partial charge in [0.1, 0.15) is 4.21 Å². The van der Waals surface area contributed by atoms with Gasteiger partial charge in [0.2, 0.25) is 10.0 Å². The Morgan fingerprint density at radius 3 is 2.56 bits per heavy atom. The van der Waals surface area contributed by atoms with Gasteiger partial charge in [0.05, 0.1) is 5.92 Å². The van der Waals surface area contributed by atoms with E-state index < -0.39 is 28.2 Å². The van der Waals surface area contributed by atoms with Crippen molar-refractivity contribution in [2.24, 2.45) is 5.92 Å². The van der Waals surface area contributed by atoms with Crippen molar-refractivity contribution in [1.29, 1.82) is 0 Å². The van der Waals surface area contributed by atoms with Gasteiger partial charge in [-0.3, -0.25) is 0 Å². The van der Waals surface area contributed by atoms with Crippen LogP contribution < -0.4 is 4.72 Å². The molecule has 2 rings (SSSR count). The van der Waals surface area contributed by atoms with Crippen LogP contribution in [0.5, 0.6) is 0 Å². The van der Waals surface area contributed by atoms with Crippen LogP contribution in [0.1, 0.15) is 19.3 Å². The summed E-state index contributed by atoms with van der Waals surface area (Å²) >= 11 is 1.05. The Kier molecular flexibility index (Phi) is 3.70. The van der Waals surface area contributed by atoms with E-state index in [1.807, 2.05) is 0 Å². The summed E-state index contributed by atoms with van der Waals surface area (Å²) in [4.78, 5) is 0. The van der Waals surface area contributed by atoms with Crippen molar-refractivity contribution in [2.75, 3.05) is 0 Å². The van der Waals surface area contributed by atoms with E-state index in [9.17, 15) is 21.6 Å². The largest absolute Gasteiger partial charge is 0.391 e. The van der Waals surface area contributed by atoms with Crippen LogP contribution in [0.2, 0.25) is 0 Å². The minimum absolute atomic E-state index is 0.0128. The van der Waals surface area contributed by atoms with Gasteiger partial charge in [-0.25, -0.2) is 13.1 Å². The predicted octanol–water partition coefficient (Wildman–Crippen LogP) is 2.76. The molecule has 1 aliphatic rings. The van der Waals surface area contributed by atoms with E-state index in [0.29, 0.717) is 0 Å². The van der Waals surface area contributed by atoms with Gasteiger partial charge in [0, 0.05) is 6.04 Å². The van der Waals surface area contributed by atoms with Crippen molar-refractivity contribution in [2.45, 2.75) is 35.7 Å². The Labute approximate surface area is 107 Å². The smallest absolute Gasteiger partial charge is 0.207 e. The van der Waals surface area contributed by atoms with Gasteiger partial charge in [-0.15, -0.1) is 11.3 Å². The number of sulfonamides is 1. The molecule has 0 aliphatic heterocycles. The number of alkyl halides is 3. The molecule has 0 bridgehead atoms. The van der Waals surface area contributed by atoms with E-state index in [1.165, 1.54) is 6.07 Å². The highest BCUT2D eigenvalue weighted by Gasteiger charge is 2.44. The molecule has 2 atom stereocenters. The van der Waals surface area contributed by atoms with Crippen LogP contribution in [0.15, 0.2) is 21.7 Å². The fourth-order valence-corrected chi connectivity index (χ4v) is 4.37. The molecular weight excluding hydrogens is 287 g/mol. The standard InChI is InChI=1S/C10H12F3NO2S2/c11-10(12,13)7-3-4-8(6-7)14-18(15,16)9-2-1-5-17-9/h1-2,5,7-8,14H,3-4,6H2. The summed E-state index contributed by atoms with van der Waals surface area (Å²) in [5, 5.41) is 1.61. The molecule has 3 nitrogen and oxygen atoms in total. The molecule has 1 aromatic heterocycles. The Morgan fingerprint density at radius 1 is 1.33 bits per heavy atom. The first-order valence-corrected chi connectivity index (χ1v) is 7.78. The number of thiophene rings is 1. The first-order valence-electron chi connectivity index (χ1n) is 5.41. The van der Waals surface area contributed by atoms with Crippen molar-refractivity contribution < 1.29 is 21.6 Å². The van der Waals surface area contributed by atoms with Crippen molar-refractivity contribution in [1.82, 2.24) is 4.72 Å². The highest BCUT2D eigenvalue weighted by atomic mass is 32.2. The van der Waals surface area contributed by atoms with Crippen molar-refractivity contribution >= 4 is 21.4 Å². The zero-order valence-electron chi connectivity index (χ0n) is 9.27. The highest BCUT2D eigenvalue weighted by molar-refractivity contribution is 7.91. The summed E-state index contributed by atoms with van der Waals surface area (Å²) in [5.41, 5.74) is 0. The maximum absolute atomic E-state index is 12.5. The topological polar surface area (TPSA) is 46.2 Å². The van der Waals surface area contributed by atoms with Crippen molar-refractivity contribution in [3.05, 3.63) is 17.5 Å². The maximum Gasteiger partial charge on any atom is 0.391 e. The van der Waals surface area contributed by atoms with E-state index in [1.54, 1.807) is 11.4 Å². The molecule has 1 aromatic rings. The third-order valence-corrected chi connectivity index (χ3v) is 5.90. The van der Waals surface area contributed by atoms with E-state index in [2.05, 4.69) is 4.72 Å². The number of halogens is 3. The van der Waals surface area contributed by atoms with Crippen molar-refractivity contribution in [3.63, 3.8) is 0 Å². The normalized spacial score (nSPS) is 25.5. The van der Waals surface area contributed by atoms with Crippen LogP contribution in [0, 0.1) is 5.92 Å². The quantitative estimate of drug-likeness (QED) is 0.933. The lowest BCUT2D eigenvalue weighted by Crippen LogP contribution is -2.33. The van der Waals surface area contributed by atoms with Crippen LogP contribution in [0.25, 0.3) is 0 Å². The van der Waals surface area contributed by atoms with Gasteiger partial charge < -0.3 is 0 Å². The summed E-state index contributed by atoms with van der Waals surface area (Å²) in [6.45, 7) is 0. The fourth-order valence-electron chi connectivity index (χ4n) is 2.08. The van der Waals surface area contributed by atoms with Crippen LogP contribution in [0.4, 0.5) is 13.2 Å². The first-order chi connectivity index (χ1) is 8.29. The number of nitrogens with one attached hydrogen (secondary N) is 1. The molecule has 1 heterocycles. The third kappa shape index (κ3) is 3.04. The molecule has 18 heavy (non-hydrogen) atoms. The molecule has 0 aromatic carbocycles. The minimum atomic E-state index is -4.23. The second-order valence-corrected chi connectivity index (χ2v) is 7.19. The summed E-state index contributed by atoms with van der Waals surface area (Å²) in [6.07, 6.45) is -4.19. The molecule has 102 valence electrons. The van der Waals surface area contributed by atoms with Gasteiger partial charge in [-0.05, 0) is 30.7 Å². The molecule has 0 radical (unpaired) electrons. The molecule has 1 saturated carbocycles. The predicted molar refractivity (Wildman–Crippen MR) is 61.8 cm³/mol. The third-order valence-electron chi connectivity index (χ3n) is 2.98. The van der Waals surface area contributed by atoms with E-state index in [4.69, 9.17) is 0 Å².